The number of carboxylic acid groups (broad SMARTS) is 1. The maximum Gasteiger partial charge on any atom is 0.315 e. The summed E-state index contributed by atoms with van der Waals surface area (Å²) in [6.45, 7) is 6.49. The van der Waals surface area contributed by atoms with Gasteiger partial charge in [0.2, 0.25) is 0 Å². The molecule has 0 heterocycles. The normalized spacial score (nSPS) is 17.4. The molecule has 1 rings (SSSR count). The zero-order valence-corrected chi connectivity index (χ0v) is 10.8. The van der Waals surface area contributed by atoms with Crippen LogP contribution in [0.25, 0.3) is 0 Å². The molecule has 17 heavy (non-hydrogen) atoms. The SMILES string of the molecule is CC1(CNC(=O)NC(C)(C)CCC(=O)O)CC1. The zero-order valence-electron chi connectivity index (χ0n) is 10.8. The monoisotopic (exact) mass is 242 g/mol. The number of urea groups is 1. The van der Waals surface area contributed by atoms with Crippen LogP contribution in [0.2, 0.25) is 0 Å². The van der Waals surface area contributed by atoms with Crippen LogP contribution in [0.5, 0.6) is 0 Å². The Morgan fingerprint density at radius 2 is 1.94 bits per heavy atom. The number of nitrogens with one attached hydrogen (secondary N) is 2. The van der Waals surface area contributed by atoms with Crippen molar-refractivity contribution in [3.63, 3.8) is 0 Å². The molecule has 0 radical (unpaired) electrons. The standard InChI is InChI=1S/C12H22N2O3/c1-11(2,5-4-9(15)16)14-10(17)13-8-12(3)6-7-12/h4-8H2,1-3H3,(H,15,16)(H2,13,14,17). The van der Waals surface area contributed by atoms with E-state index in [0.717, 1.165) is 12.8 Å². The van der Waals surface area contributed by atoms with E-state index in [1.54, 1.807) is 0 Å². The van der Waals surface area contributed by atoms with Crippen LogP contribution in [0, 0.1) is 5.41 Å². The third kappa shape index (κ3) is 5.56. The third-order valence-corrected chi connectivity index (χ3v) is 3.20. The Hall–Kier alpha value is -1.26. The van der Waals surface area contributed by atoms with Gasteiger partial charge in [0.15, 0.2) is 0 Å². The van der Waals surface area contributed by atoms with Gasteiger partial charge >= 0.3 is 12.0 Å². The molecule has 0 atom stereocenters. The molecule has 1 aliphatic rings. The van der Waals surface area contributed by atoms with E-state index in [-0.39, 0.29) is 17.9 Å². The first-order chi connectivity index (χ1) is 7.72. The third-order valence-electron chi connectivity index (χ3n) is 3.20. The fourth-order valence-corrected chi connectivity index (χ4v) is 1.52. The summed E-state index contributed by atoms with van der Waals surface area (Å²) in [7, 11) is 0. The highest BCUT2D eigenvalue weighted by Crippen LogP contribution is 2.43. The Labute approximate surface area is 102 Å². The van der Waals surface area contributed by atoms with Crippen molar-refractivity contribution in [2.75, 3.05) is 6.54 Å². The molecule has 0 spiro atoms. The fraction of sp³-hybridized carbons (Fsp3) is 0.833. The van der Waals surface area contributed by atoms with E-state index in [9.17, 15) is 9.59 Å². The fourth-order valence-electron chi connectivity index (χ4n) is 1.52. The highest BCUT2D eigenvalue weighted by Gasteiger charge is 2.37. The molecule has 5 heteroatoms. The number of aliphatic carboxylic acids is 1. The molecule has 0 saturated heterocycles. The quantitative estimate of drug-likeness (QED) is 0.663. The van der Waals surface area contributed by atoms with Crippen molar-refractivity contribution < 1.29 is 14.7 Å². The minimum atomic E-state index is -0.842. The number of rotatable bonds is 6. The number of carbonyl (C=O) groups is 2. The van der Waals surface area contributed by atoms with E-state index in [1.165, 1.54) is 0 Å². The summed E-state index contributed by atoms with van der Waals surface area (Å²) in [6, 6.07) is -0.214. The van der Waals surface area contributed by atoms with Gasteiger partial charge in [-0.1, -0.05) is 6.92 Å². The van der Waals surface area contributed by atoms with Gasteiger partial charge in [0.05, 0.1) is 0 Å². The lowest BCUT2D eigenvalue weighted by Crippen LogP contribution is -2.49. The molecule has 0 aromatic rings. The lowest BCUT2D eigenvalue weighted by atomic mass is 9.99. The van der Waals surface area contributed by atoms with Crippen LogP contribution in [0.4, 0.5) is 4.79 Å². The van der Waals surface area contributed by atoms with Crippen LogP contribution in [0.1, 0.15) is 46.5 Å². The smallest absolute Gasteiger partial charge is 0.315 e. The van der Waals surface area contributed by atoms with Gasteiger partial charge in [-0.15, -0.1) is 0 Å². The molecule has 1 saturated carbocycles. The maximum absolute atomic E-state index is 11.6. The Kier molecular flexibility index (Phi) is 4.01. The second-order valence-corrected chi connectivity index (χ2v) is 5.90. The minimum Gasteiger partial charge on any atom is -0.481 e. The molecule has 5 nitrogen and oxygen atoms in total. The van der Waals surface area contributed by atoms with Crippen LogP contribution in [-0.4, -0.2) is 29.2 Å². The second-order valence-electron chi connectivity index (χ2n) is 5.90. The zero-order chi connectivity index (χ0) is 13.1. The number of amides is 2. The summed E-state index contributed by atoms with van der Waals surface area (Å²) in [4.78, 5) is 22.1. The van der Waals surface area contributed by atoms with Gasteiger partial charge < -0.3 is 15.7 Å². The van der Waals surface area contributed by atoms with Crippen LogP contribution in [-0.2, 0) is 4.79 Å². The molecule has 0 bridgehead atoms. The van der Waals surface area contributed by atoms with E-state index >= 15 is 0 Å². The van der Waals surface area contributed by atoms with Gasteiger partial charge in [-0.3, -0.25) is 4.79 Å². The second kappa shape index (κ2) is 4.94. The van der Waals surface area contributed by atoms with Crippen molar-refractivity contribution in [1.29, 1.82) is 0 Å². The van der Waals surface area contributed by atoms with Crippen molar-refractivity contribution >= 4 is 12.0 Å². The molecule has 0 unspecified atom stereocenters. The van der Waals surface area contributed by atoms with Crippen LogP contribution in [0.3, 0.4) is 0 Å². The van der Waals surface area contributed by atoms with E-state index in [4.69, 9.17) is 5.11 Å². The van der Waals surface area contributed by atoms with Crippen molar-refractivity contribution in [1.82, 2.24) is 10.6 Å². The van der Waals surface area contributed by atoms with Crippen LogP contribution >= 0.6 is 0 Å². The highest BCUT2D eigenvalue weighted by atomic mass is 16.4. The first kappa shape index (κ1) is 13.8. The summed E-state index contributed by atoms with van der Waals surface area (Å²) < 4.78 is 0. The number of hydrogen-bond acceptors (Lipinski definition) is 2. The van der Waals surface area contributed by atoms with E-state index < -0.39 is 11.5 Å². The number of carboxylic acids is 1. The highest BCUT2D eigenvalue weighted by molar-refractivity contribution is 5.75. The Morgan fingerprint density at radius 3 is 2.41 bits per heavy atom. The molecule has 3 N–H and O–H groups in total. The van der Waals surface area contributed by atoms with Crippen LogP contribution < -0.4 is 10.6 Å². The molecule has 1 fully saturated rings. The van der Waals surface area contributed by atoms with Crippen LogP contribution in [0.15, 0.2) is 0 Å². The van der Waals surface area contributed by atoms with Gasteiger partial charge in [-0.25, -0.2) is 4.79 Å². The summed E-state index contributed by atoms with van der Waals surface area (Å²) in [5, 5.41) is 14.2. The minimum absolute atomic E-state index is 0.0605. The average molecular weight is 242 g/mol. The van der Waals surface area contributed by atoms with Crippen molar-refractivity contribution in [3.8, 4) is 0 Å². The lowest BCUT2D eigenvalue weighted by Gasteiger charge is -2.26. The molecule has 2 amide bonds. The molecule has 98 valence electrons. The van der Waals surface area contributed by atoms with E-state index in [0.29, 0.717) is 13.0 Å². The van der Waals surface area contributed by atoms with Gasteiger partial charge in [0.1, 0.15) is 0 Å². The average Bonchev–Trinajstić information content (AvgIpc) is 2.91. The Bertz CT molecular complexity index is 309. The lowest BCUT2D eigenvalue weighted by molar-refractivity contribution is -0.137. The largest absolute Gasteiger partial charge is 0.481 e. The van der Waals surface area contributed by atoms with Gasteiger partial charge in [0.25, 0.3) is 0 Å². The van der Waals surface area contributed by atoms with Gasteiger partial charge in [0, 0.05) is 18.5 Å². The van der Waals surface area contributed by atoms with E-state index in [1.807, 2.05) is 13.8 Å². The van der Waals surface area contributed by atoms with Crippen molar-refractivity contribution in [2.45, 2.75) is 52.0 Å². The van der Waals surface area contributed by atoms with E-state index in [2.05, 4.69) is 17.6 Å². The predicted molar refractivity (Wildman–Crippen MR) is 64.8 cm³/mol. The molecule has 0 aromatic heterocycles. The molecular weight excluding hydrogens is 220 g/mol. The topological polar surface area (TPSA) is 78.4 Å². The summed E-state index contributed by atoms with van der Waals surface area (Å²) in [6.07, 6.45) is 2.81. The molecular formula is C12H22N2O3. The van der Waals surface area contributed by atoms with Gasteiger partial charge in [-0.05, 0) is 38.5 Å². The maximum atomic E-state index is 11.6. The number of carbonyl (C=O) groups excluding carboxylic acids is 1. The molecule has 0 aromatic carbocycles. The first-order valence-electron chi connectivity index (χ1n) is 6.00. The Morgan fingerprint density at radius 1 is 1.35 bits per heavy atom. The summed E-state index contributed by atoms with van der Waals surface area (Å²) in [5.74, 6) is -0.842. The van der Waals surface area contributed by atoms with Gasteiger partial charge in [-0.2, -0.15) is 0 Å². The Balaban J connectivity index is 2.25. The summed E-state index contributed by atoms with van der Waals surface area (Å²) >= 11 is 0. The molecule has 0 aliphatic heterocycles. The summed E-state index contributed by atoms with van der Waals surface area (Å²) in [5.41, 5.74) is -0.213. The predicted octanol–water partition coefficient (Wildman–Crippen LogP) is 1.73. The first-order valence-corrected chi connectivity index (χ1v) is 6.00. The molecule has 1 aliphatic carbocycles. The van der Waals surface area contributed by atoms with Crippen molar-refractivity contribution in [3.05, 3.63) is 0 Å². The van der Waals surface area contributed by atoms with Crippen molar-refractivity contribution in [2.24, 2.45) is 5.41 Å². The number of hydrogen-bond donors (Lipinski definition) is 3.